The number of nitrogens with one attached hydrogen (secondary N) is 1. The van der Waals surface area contributed by atoms with Crippen molar-refractivity contribution in [2.75, 3.05) is 18.8 Å². The Morgan fingerprint density at radius 1 is 1.09 bits per heavy atom. The van der Waals surface area contributed by atoms with Gasteiger partial charge in [-0.2, -0.15) is 8.78 Å². The molecule has 3 aromatic rings. The number of rotatable bonds is 5. The highest BCUT2D eigenvalue weighted by Crippen LogP contribution is 2.46. The Labute approximate surface area is 197 Å². The molecule has 0 bridgehead atoms. The molecule has 178 valence electrons. The van der Waals surface area contributed by atoms with E-state index in [1.807, 2.05) is 24.3 Å². The Morgan fingerprint density at radius 3 is 2.50 bits per heavy atom. The molecule has 1 aromatic carbocycles. The van der Waals surface area contributed by atoms with Gasteiger partial charge < -0.3 is 15.8 Å². The van der Waals surface area contributed by atoms with Crippen molar-refractivity contribution in [3.63, 3.8) is 0 Å². The van der Waals surface area contributed by atoms with Crippen molar-refractivity contribution in [1.82, 2.24) is 19.9 Å². The molecule has 0 radical (unpaired) electrons. The van der Waals surface area contributed by atoms with Gasteiger partial charge >= 0.3 is 6.55 Å². The van der Waals surface area contributed by atoms with Gasteiger partial charge in [-0.1, -0.05) is 6.08 Å². The number of nitrogens with zero attached hydrogens (tertiary/aromatic N) is 3. The van der Waals surface area contributed by atoms with Gasteiger partial charge in [-0.15, -0.1) is 0 Å². The zero-order valence-electron chi connectivity index (χ0n) is 19.1. The molecule has 3 N–H and O–H groups in total. The van der Waals surface area contributed by atoms with E-state index in [1.165, 1.54) is 0 Å². The zero-order chi connectivity index (χ0) is 23.3. The third kappa shape index (κ3) is 3.94. The summed E-state index contributed by atoms with van der Waals surface area (Å²) in [5.74, 6) is 1.33. The number of aromatic nitrogens is 3. The molecule has 34 heavy (non-hydrogen) atoms. The SMILES string of the molecule is Nc1nc(-c2ccc(OC3CC3)cc2)nc2c1cc(C1=CCC3(CCNCC3)CC1)n2C(F)F. The third-order valence-electron chi connectivity index (χ3n) is 7.56. The van der Waals surface area contributed by atoms with Crippen LogP contribution in [0.1, 0.15) is 57.2 Å². The molecule has 6 nitrogen and oxygen atoms in total. The number of alkyl halides is 2. The maximum absolute atomic E-state index is 14.3. The molecule has 3 aliphatic rings. The number of hydrogen-bond acceptors (Lipinski definition) is 5. The Morgan fingerprint density at radius 2 is 1.85 bits per heavy atom. The summed E-state index contributed by atoms with van der Waals surface area (Å²) in [5, 5.41) is 3.89. The van der Waals surface area contributed by atoms with Gasteiger partial charge in [-0.05, 0) is 99.4 Å². The molecule has 3 heterocycles. The standard InChI is InChI=1S/C26H29F2N5O/c27-25(28)33-21(16-7-9-26(10-8-16)11-13-30-14-12-26)15-20-22(29)31-23(32-24(20)33)17-1-3-18(4-2-17)34-19-5-6-19/h1-4,7,15,19,25,30H,5-6,8-14H2,(H2,29,31,32). The molecule has 2 aliphatic carbocycles. The summed E-state index contributed by atoms with van der Waals surface area (Å²) in [4.78, 5) is 8.99. The van der Waals surface area contributed by atoms with Crippen LogP contribution in [-0.2, 0) is 0 Å². The predicted molar refractivity (Wildman–Crippen MR) is 129 cm³/mol. The first-order valence-corrected chi connectivity index (χ1v) is 12.2. The Balaban J connectivity index is 1.36. The number of benzene rings is 1. The van der Waals surface area contributed by atoms with Crippen molar-refractivity contribution in [2.45, 2.75) is 57.6 Å². The van der Waals surface area contributed by atoms with E-state index in [-0.39, 0.29) is 11.5 Å². The topological polar surface area (TPSA) is 78.0 Å². The second-order valence-electron chi connectivity index (χ2n) is 9.87. The van der Waals surface area contributed by atoms with Crippen LogP contribution in [0.5, 0.6) is 5.75 Å². The average molecular weight is 466 g/mol. The van der Waals surface area contributed by atoms with Gasteiger partial charge in [0.2, 0.25) is 0 Å². The first kappa shape index (κ1) is 21.5. The highest BCUT2D eigenvalue weighted by atomic mass is 19.3. The van der Waals surface area contributed by atoms with Crippen LogP contribution in [0, 0.1) is 5.41 Å². The maximum Gasteiger partial charge on any atom is 0.320 e. The van der Waals surface area contributed by atoms with E-state index in [0.717, 1.165) is 73.9 Å². The van der Waals surface area contributed by atoms with Gasteiger partial charge in [0.1, 0.15) is 11.6 Å². The van der Waals surface area contributed by atoms with E-state index >= 15 is 0 Å². The van der Waals surface area contributed by atoms with Crippen molar-refractivity contribution in [1.29, 1.82) is 0 Å². The zero-order valence-corrected chi connectivity index (χ0v) is 19.1. The van der Waals surface area contributed by atoms with Crippen LogP contribution in [-0.4, -0.2) is 33.7 Å². The normalized spacial score (nSPS) is 20.1. The first-order chi connectivity index (χ1) is 16.5. The van der Waals surface area contributed by atoms with Crippen LogP contribution in [0.15, 0.2) is 36.4 Å². The van der Waals surface area contributed by atoms with Crippen LogP contribution in [0.3, 0.4) is 0 Å². The van der Waals surface area contributed by atoms with Gasteiger partial charge in [0.25, 0.3) is 0 Å². The molecular weight excluding hydrogens is 436 g/mol. The molecule has 1 saturated heterocycles. The first-order valence-electron chi connectivity index (χ1n) is 12.2. The number of nitrogens with two attached hydrogens (primary N) is 1. The van der Waals surface area contributed by atoms with Gasteiger partial charge in [-0.25, -0.2) is 9.97 Å². The Hall–Kier alpha value is -3.00. The second kappa shape index (κ2) is 8.34. The lowest BCUT2D eigenvalue weighted by molar-refractivity contribution is 0.0736. The number of piperidine rings is 1. The number of allylic oxidation sites excluding steroid dienone is 2. The fourth-order valence-electron chi connectivity index (χ4n) is 5.34. The highest BCUT2D eigenvalue weighted by molar-refractivity contribution is 5.92. The van der Waals surface area contributed by atoms with Crippen molar-refractivity contribution in [3.8, 4) is 17.1 Å². The molecule has 0 atom stereocenters. The van der Waals surface area contributed by atoms with Crippen molar-refractivity contribution < 1.29 is 13.5 Å². The monoisotopic (exact) mass is 465 g/mol. The minimum Gasteiger partial charge on any atom is -0.490 e. The molecule has 1 saturated carbocycles. The van der Waals surface area contributed by atoms with Crippen LogP contribution >= 0.6 is 0 Å². The lowest BCUT2D eigenvalue weighted by Gasteiger charge is -2.40. The molecule has 0 unspecified atom stereocenters. The lowest BCUT2D eigenvalue weighted by atomic mass is 9.69. The molecule has 1 spiro atoms. The largest absolute Gasteiger partial charge is 0.490 e. The van der Waals surface area contributed by atoms with Gasteiger partial charge in [0, 0.05) is 5.56 Å². The van der Waals surface area contributed by atoms with Crippen molar-refractivity contribution >= 4 is 22.4 Å². The maximum atomic E-state index is 14.3. The van der Waals surface area contributed by atoms with E-state index in [2.05, 4.69) is 21.4 Å². The highest BCUT2D eigenvalue weighted by Gasteiger charge is 2.34. The smallest absolute Gasteiger partial charge is 0.320 e. The quantitative estimate of drug-likeness (QED) is 0.516. The second-order valence-corrected chi connectivity index (χ2v) is 9.87. The molecular formula is C26H29F2N5O. The lowest BCUT2D eigenvalue weighted by Crippen LogP contribution is -2.37. The summed E-state index contributed by atoms with van der Waals surface area (Å²) < 4.78 is 35.5. The fraction of sp³-hybridized carbons (Fsp3) is 0.462. The number of nitrogen functional groups attached to an aromatic ring is 1. The summed E-state index contributed by atoms with van der Waals surface area (Å²) in [6.07, 6.45) is 9.64. The molecule has 6 rings (SSSR count). The van der Waals surface area contributed by atoms with E-state index in [1.54, 1.807) is 6.07 Å². The Bertz CT molecular complexity index is 1240. The van der Waals surface area contributed by atoms with Crippen LogP contribution in [0.25, 0.3) is 28.0 Å². The van der Waals surface area contributed by atoms with Crippen LogP contribution in [0.4, 0.5) is 14.6 Å². The van der Waals surface area contributed by atoms with Crippen molar-refractivity contribution in [2.24, 2.45) is 5.41 Å². The summed E-state index contributed by atoms with van der Waals surface area (Å²) in [6.45, 7) is -0.661. The summed E-state index contributed by atoms with van der Waals surface area (Å²) in [7, 11) is 0. The van der Waals surface area contributed by atoms with Gasteiger partial charge in [0.15, 0.2) is 11.5 Å². The van der Waals surface area contributed by atoms with E-state index < -0.39 is 6.55 Å². The number of anilines is 1. The van der Waals surface area contributed by atoms with Crippen LogP contribution in [0.2, 0.25) is 0 Å². The van der Waals surface area contributed by atoms with Gasteiger partial charge in [0.05, 0.1) is 17.2 Å². The van der Waals surface area contributed by atoms with Gasteiger partial charge in [-0.3, -0.25) is 4.57 Å². The molecule has 2 aromatic heterocycles. The molecule has 2 fully saturated rings. The summed E-state index contributed by atoms with van der Waals surface area (Å²) in [5.41, 5.74) is 8.90. The number of fused-ring (bicyclic) bond motifs is 1. The molecule has 0 amide bonds. The van der Waals surface area contributed by atoms with Crippen LogP contribution < -0.4 is 15.8 Å². The van der Waals surface area contributed by atoms with E-state index in [9.17, 15) is 8.78 Å². The minimum absolute atomic E-state index is 0.175. The van der Waals surface area contributed by atoms with Crippen molar-refractivity contribution in [3.05, 3.63) is 42.1 Å². The van der Waals surface area contributed by atoms with E-state index in [0.29, 0.717) is 34.0 Å². The average Bonchev–Trinajstić information content (AvgIpc) is 3.57. The van der Waals surface area contributed by atoms with E-state index in [4.69, 9.17) is 10.5 Å². The summed E-state index contributed by atoms with van der Waals surface area (Å²) in [6, 6.07) is 9.14. The number of halogens is 2. The number of ether oxygens (including phenoxy) is 1. The molecule has 1 aliphatic heterocycles. The predicted octanol–water partition coefficient (Wildman–Crippen LogP) is 5.55. The fourth-order valence-corrected chi connectivity index (χ4v) is 5.34. The third-order valence-corrected chi connectivity index (χ3v) is 7.56. The minimum atomic E-state index is -2.72. The Kier molecular flexibility index (Phi) is 5.28. The molecule has 8 heteroatoms. The number of hydrogen-bond donors (Lipinski definition) is 2. The summed E-state index contributed by atoms with van der Waals surface area (Å²) >= 11 is 0.